The molecule has 1 N–H and O–H groups in total. The number of sulfonamides is 1. The van der Waals surface area contributed by atoms with Crippen LogP contribution in [0.2, 0.25) is 5.02 Å². The Balaban J connectivity index is 1.98. The number of hydrogen-bond acceptors (Lipinski definition) is 4. The molecule has 1 aromatic heterocycles. The van der Waals surface area contributed by atoms with Crippen LogP contribution in [0, 0.1) is 0 Å². The molecule has 0 bridgehead atoms. The molecule has 3 rings (SSSR count). The van der Waals surface area contributed by atoms with Crippen LogP contribution in [0.1, 0.15) is 17.5 Å². The minimum atomic E-state index is -3.81. The molecule has 6 nitrogen and oxygen atoms in total. The first kappa shape index (κ1) is 15.1. The van der Waals surface area contributed by atoms with Gasteiger partial charge in [0, 0.05) is 7.05 Å². The predicted octanol–water partition coefficient (Wildman–Crippen LogP) is 1.72. The fraction of sp³-hybridized carbons (Fsp3) is 0.286. The van der Waals surface area contributed by atoms with Crippen molar-refractivity contribution in [2.75, 3.05) is 4.72 Å². The monoisotopic (exact) mass is 339 g/mol. The lowest BCUT2D eigenvalue weighted by Crippen LogP contribution is -2.23. The van der Waals surface area contributed by atoms with Crippen molar-refractivity contribution in [1.29, 1.82) is 0 Å². The third-order valence-corrected chi connectivity index (χ3v) is 5.43. The summed E-state index contributed by atoms with van der Waals surface area (Å²) < 4.78 is 28.3. The maximum Gasteiger partial charge on any atom is 0.287 e. The second-order valence-electron chi connectivity index (χ2n) is 5.19. The van der Waals surface area contributed by atoms with E-state index >= 15 is 0 Å². The second kappa shape index (κ2) is 5.40. The van der Waals surface area contributed by atoms with Gasteiger partial charge in [-0.05, 0) is 42.5 Å². The molecule has 0 spiro atoms. The van der Waals surface area contributed by atoms with Crippen LogP contribution in [0.3, 0.4) is 0 Å². The van der Waals surface area contributed by atoms with E-state index in [1.54, 1.807) is 12.1 Å². The van der Waals surface area contributed by atoms with E-state index in [0.717, 1.165) is 29.5 Å². The van der Waals surface area contributed by atoms with Gasteiger partial charge in [0.1, 0.15) is 5.02 Å². The summed E-state index contributed by atoms with van der Waals surface area (Å²) in [7, 11) is -2.37. The van der Waals surface area contributed by atoms with Crippen LogP contribution >= 0.6 is 11.6 Å². The molecular formula is C14H14ClN3O3S. The average Bonchev–Trinajstić information content (AvgIpc) is 2.95. The maximum atomic E-state index is 12.4. The SMILES string of the molecule is Cn1ncc(NS(=O)(=O)c2ccc3c(c2)CCC3)c(Cl)c1=O. The summed E-state index contributed by atoms with van der Waals surface area (Å²) in [6.45, 7) is 0. The van der Waals surface area contributed by atoms with Crippen LogP contribution in [0.5, 0.6) is 0 Å². The van der Waals surface area contributed by atoms with Crippen molar-refractivity contribution in [3.05, 3.63) is 50.9 Å². The zero-order valence-electron chi connectivity index (χ0n) is 11.8. The molecule has 2 aromatic rings. The summed E-state index contributed by atoms with van der Waals surface area (Å²) in [6.07, 6.45) is 4.12. The molecule has 1 aliphatic carbocycles. The van der Waals surface area contributed by atoms with Gasteiger partial charge in [0.15, 0.2) is 0 Å². The van der Waals surface area contributed by atoms with Crippen molar-refractivity contribution in [3.63, 3.8) is 0 Å². The molecule has 116 valence electrons. The van der Waals surface area contributed by atoms with E-state index in [0.29, 0.717) is 0 Å². The molecule has 0 fully saturated rings. The van der Waals surface area contributed by atoms with Gasteiger partial charge in [-0.3, -0.25) is 9.52 Å². The summed E-state index contributed by atoms with van der Waals surface area (Å²) in [5.74, 6) is 0. The number of benzene rings is 1. The maximum absolute atomic E-state index is 12.4. The van der Waals surface area contributed by atoms with E-state index in [9.17, 15) is 13.2 Å². The Kier molecular flexibility index (Phi) is 3.70. The quantitative estimate of drug-likeness (QED) is 0.923. The Morgan fingerprint density at radius 3 is 2.77 bits per heavy atom. The molecule has 1 aliphatic rings. The fourth-order valence-electron chi connectivity index (χ4n) is 2.50. The number of fused-ring (bicyclic) bond motifs is 1. The second-order valence-corrected chi connectivity index (χ2v) is 7.25. The lowest BCUT2D eigenvalue weighted by atomic mass is 10.1. The Morgan fingerprint density at radius 1 is 1.27 bits per heavy atom. The molecule has 0 radical (unpaired) electrons. The number of rotatable bonds is 3. The highest BCUT2D eigenvalue weighted by Crippen LogP contribution is 2.26. The highest BCUT2D eigenvalue weighted by atomic mass is 35.5. The van der Waals surface area contributed by atoms with Crippen LogP contribution < -0.4 is 10.3 Å². The van der Waals surface area contributed by atoms with Gasteiger partial charge in [-0.1, -0.05) is 17.7 Å². The normalized spacial score (nSPS) is 13.9. The summed E-state index contributed by atoms with van der Waals surface area (Å²) in [5.41, 5.74) is 1.66. The van der Waals surface area contributed by atoms with E-state index in [1.807, 2.05) is 6.07 Å². The average molecular weight is 340 g/mol. The molecule has 0 aliphatic heterocycles. The Bertz CT molecular complexity index is 906. The van der Waals surface area contributed by atoms with Crippen LogP contribution in [-0.2, 0) is 29.9 Å². The molecule has 8 heteroatoms. The molecule has 1 aromatic carbocycles. The number of halogens is 1. The van der Waals surface area contributed by atoms with Crippen molar-refractivity contribution in [1.82, 2.24) is 9.78 Å². The zero-order chi connectivity index (χ0) is 15.9. The van der Waals surface area contributed by atoms with Crippen LogP contribution in [0.4, 0.5) is 5.69 Å². The summed E-state index contributed by atoms with van der Waals surface area (Å²) >= 11 is 5.89. The Labute approximate surface area is 132 Å². The summed E-state index contributed by atoms with van der Waals surface area (Å²) in [5, 5.41) is 3.56. The molecule has 0 saturated heterocycles. The van der Waals surface area contributed by atoms with E-state index in [1.165, 1.54) is 18.8 Å². The Morgan fingerprint density at radius 2 is 2.00 bits per heavy atom. The minimum Gasteiger partial charge on any atom is -0.276 e. The number of nitrogens with zero attached hydrogens (tertiary/aromatic N) is 2. The van der Waals surface area contributed by atoms with Gasteiger partial charge in [-0.2, -0.15) is 5.10 Å². The number of aryl methyl sites for hydroxylation is 3. The third-order valence-electron chi connectivity index (χ3n) is 3.70. The van der Waals surface area contributed by atoms with Crippen molar-refractivity contribution in [3.8, 4) is 0 Å². The van der Waals surface area contributed by atoms with Crippen molar-refractivity contribution >= 4 is 27.3 Å². The zero-order valence-corrected chi connectivity index (χ0v) is 13.4. The minimum absolute atomic E-state index is 0.0229. The smallest absolute Gasteiger partial charge is 0.276 e. The van der Waals surface area contributed by atoms with Gasteiger partial charge in [0.05, 0.1) is 16.8 Å². The molecule has 0 saturated carbocycles. The van der Waals surface area contributed by atoms with Crippen molar-refractivity contribution in [2.24, 2.45) is 7.05 Å². The van der Waals surface area contributed by atoms with E-state index in [4.69, 9.17) is 11.6 Å². The van der Waals surface area contributed by atoms with Gasteiger partial charge in [-0.25, -0.2) is 13.1 Å². The fourth-order valence-corrected chi connectivity index (χ4v) is 3.88. The topological polar surface area (TPSA) is 81.1 Å². The highest BCUT2D eigenvalue weighted by molar-refractivity contribution is 7.92. The highest BCUT2D eigenvalue weighted by Gasteiger charge is 2.20. The first-order valence-corrected chi connectivity index (χ1v) is 8.61. The molecule has 1 heterocycles. The van der Waals surface area contributed by atoms with Gasteiger partial charge in [0.25, 0.3) is 15.6 Å². The first-order valence-electron chi connectivity index (χ1n) is 6.75. The number of aromatic nitrogens is 2. The van der Waals surface area contributed by atoms with Crippen molar-refractivity contribution < 1.29 is 8.42 Å². The van der Waals surface area contributed by atoms with Gasteiger partial charge in [0.2, 0.25) is 0 Å². The number of anilines is 1. The number of hydrogen-bond donors (Lipinski definition) is 1. The molecule has 22 heavy (non-hydrogen) atoms. The van der Waals surface area contributed by atoms with Crippen LogP contribution in [0.15, 0.2) is 34.1 Å². The molecule has 0 unspecified atom stereocenters. The molecule has 0 amide bonds. The van der Waals surface area contributed by atoms with E-state index in [2.05, 4.69) is 9.82 Å². The van der Waals surface area contributed by atoms with Gasteiger partial charge < -0.3 is 0 Å². The van der Waals surface area contributed by atoms with E-state index in [-0.39, 0.29) is 15.6 Å². The summed E-state index contributed by atoms with van der Waals surface area (Å²) in [6, 6.07) is 5.07. The standard InChI is InChI=1S/C14H14ClN3O3S/c1-18-14(19)13(15)12(8-16-18)17-22(20,21)11-6-5-9-3-2-4-10(9)7-11/h5-8,17H,2-4H2,1H3. The van der Waals surface area contributed by atoms with Gasteiger partial charge in [-0.15, -0.1) is 0 Å². The van der Waals surface area contributed by atoms with Gasteiger partial charge >= 0.3 is 0 Å². The van der Waals surface area contributed by atoms with Crippen LogP contribution in [-0.4, -0.2) is 18.2 Å². The van der Waals surface area contributed by atoms with Crippen LogP contribution in [0.25, 0.3) is 0 Å². The van der Waals surface area contributed by atoms with E-state index < -0.39 is 15.6 Å². The lowest BCUT2D eigenvalue weighted by molar-refractivity contribution is 0.601. The predicted molar refractivity (Wildman–Crippen MR) is 83.8 cm³/mol. The molecular weight excluding hydrogens is 326 g/mol. The lowest BCUT2D eigenvalue weighted by Gasteiger charge is -2.10. The largest absolute Gasteiger partial charge is 0.287 e. The number of nitrogens with one attached hydrogen (secondary N) is 1. The molecule has 0 atom stereocenters. The third kappa shape index (κ3) is 2.62. The van der Waals surface area contributed by atoms with Crippen molar-refractivity contribution in [2.45, 2.75) is 24.2 Å². The first-order chi connectivity index (χ1) is 10.4. The summed E-state index contributed by atoms with van der Waals surface area (Å²) in [4.78, 5) is 11.9. The Hall–Kier alpha value is -1.86.